The smallest absolute Gasteiger partial charge is 0.165 e. The average molecular weight is 464 g/mol. The van der Waals surface area contributed by atoms with Crippen LogP contribution < -0.4 is 14.2 Å². The van der Waals surface area contributed by atoms with Gasteiger partial charge in [-0.15, -0.1) is 0 Å². The Morgan fingerprint density at radius 3 is 1.89 bits per heavy atom. The number of oxime groups is 1. The number of fused-ring (bicyclic) bond motifs is 2. The lowest BCUT2D eigenvalue weighted by molar-refractivity contribution is 0.162. The minimum absolute atomic E-state index is 0.0135. The van der Waals surface area contributed by atoms with Crippen molar-refractivity contribution in [1.82, 2.24) is 0 Å². The maximum Gasteiger partial charge on any atom is 0.165 e. The molecule has 0 saturated heterocycles. The zero-order valence-corrected chi connectivity index (χ0v) is 19.1. The molecule has 4 aromatic carbocycles. The zero-order chi connectivity index (χ0) is 23.7. The lowest BCUT2D eigenvalue weighted by Gasteiger charge is -2.28. The number of rotatable bonds is 7. The van der Waals surface area contributed by atoms with E-state index in [0.29, 0.717) is 36.2 Å². The highest BCUT2D eigenvalue weighted by molar-refractivity contribution is 6.08. The molecule has 2 unspecified atom stereocenters. The Morgan fingerprint density at radius 1 is 0.771 bits per heavy atom. The van der Waals surface area contributed by atoms with Crippen LogP contribution in [0.1, 0.15) is 28.7 Å². The maximum atomic E-state index is 9.98. The van der Waals surface area contributed by atoms with Gasteiger partial charge in [-0.05, 0) is 22.8 Å². The van der Waals surface area contributed by atoms with Gasteiger partial charge in [-0.2, -0.15) is 0 Å². The standard InChI is InChI=1S/C30H25NO4/c32-31-29-24-16-27(33-19-21-10-4-1-5-11-21)28(34-20-22-12-6-2-7-13-22)17-26(24)35-30(18-25(29)30)23-14-8-3-9-15-23/h1-17,25,32H,18-20H2. The summed E-state index contributed by atoms with van der Waals surface area (Å²) in [6.07, 6.45) is 0.755. The zero-order valence-electron chi connectivity index (χ0n) is 19.1. The molecule has 0 bridgehead atoms. The van der Waals surface area contributed by atoms with Crippen molar-refractivity contribution in [2.75, 3.05) is 0 Å². The van der Waals surface area contributed by atoms with Crippen molar-refractivity contribution in [2.45, 2.75) is 25.2 Å². The highest BCUT2D eigenvalue weighted by Gasteiger charge is 2.64. The first-order valence-corrected chi connectivity index (χ1v) is 11.8. The first-order valence-electron chi connectivity index (χ1n) is 11.8. The van der Waals surface area contributed by atoms with Crippen LogP contribution in [0, 0.1) is 5.92 Å². The first-order chi connectivity index (χ1) is 17.3. The Balaban J connectivity index is 1.36. The Morgan fingerprint density at radius 2 is 1.31 bits per heavy atom. The highest BCUT2D eigenvalue weighted by Crippen LogP contribution is 2.61. The van der Waals surface area contributed by atoms with Crippen LogP contribution >= 0.6 is 0 Å². The summed E-state index contributed by atoms with van der Waals surface area (Å²) in [6, 6.07) is 33.8. The van der Waals surface area contributed by atoms with Gasteiger partial charge in [0.25, 0.3) is 0 Å². The predicted molar refractivity (Wildman–Crippen MR) is 133 cm³/mol. The van der Waals surface area contributed by atoms with E-state index in [0.717, 1.165) is 28.7 Å². The lowest BCUT2D eigenvalue weighted by atomic mass is 9.95. The summed E-state index contributed by atoms with van der Waals surface area (Å²) in [5.41, 5.74) is 4.02. The van der Waals surface area contributed by atoms with Gasteiger partial charge in [0.1, 0.15) is 24.6 Å². The summed E-state index contributed by atoms with van der Waals surface area (Å²) in [5.74, 6) is 1.79. The van der Waals surface area contributed by atoms with E-state index in [1.807, 2.05) is 91.0 Å². The molecule has 6 rings (SSSR count). The van der Waals surface area contributed by atoms with E-state index in [9.17, 15) is 5.21 Å². The quantitative estimate of drug-likeness (QED) is 0.257. The van der Waals surface area contributed by atoms with Crippen molar-refractivity contribution >= 4 is 5.71 Å². The second-order valence-electron chi connectivity index (χ2n) is 8.94. The van der Waals surface area contributed by atoms with Crippen molar-refractivity contribution in [3.8, 4) is 17.2 Å². The molecule has 1 fully saturated rings. The summed E-state index contributed by atoms with van der Waals surface area (Å²) >= 11 is 0. The molecule has 2 aliphatic rings. The fourth-order valence-electron chi connectivity index (χ4n) is 4.80. The molecule has 5 nitrogen and oxygen atoms in total. The summed E-state index contributed by atoms with van der Waals surface area (Å²) < 4.78 is 19.0. The third kappa shape index (κ3) is 3.99. The van der Waals surface area contributed by atoms with Crippen LogP contribution in [0.25, 0.3) is 0 Å². The third-order valence-corrected chi connectivity index (χ3v) is 6.70. The van der Waals surface area contributed by atoms with Gasteiger partial charge in [-0.1, -0.05) is 96.2 Å². The number of hydrogen-bond donors (Lipinski definition) is 1. The van der Waals surface area contributed by atoms with Crippen LogP contribution in [0.2, 0.25) is 0 Å². The third-order valence-electron chi connectivity index (χ3n) is 6.70. The maximum absolute atomic E-state index is 9.98. The number of ether oxygens (including phenoxy) is 3. The minimum atomic E-state index is -0.515. The molecule has 1 saturated carbocycles. The van der Waals surface area contributed by atoms with Gasteiger partial charge in [-0.3, -0.25) is 0 Å². The van der Waals surface area contributed by atoms with Crippen LogP contribution in [0.5, 0.6) is 17.2 Å². The van der Waals surface area contributed by atoms with Crippen LogP contribution in [-0.2, 0) is 18.8 Å². The largest absolute Gasteiger partial charge is 0.485 e. The highest BCUT2D eigenvalue weighted by atomic mass is 16.5. The van der Waals surface area contributed by atoms with Crippen molar-refractivity contribution in [1.29, 1.82) is 0 Å². The Labute approximate surface area is 204 Å². The Kier molecular flexibility index (Phi) is 5.38. The van der Waals surface area contributed by atoms with E-state index in [2.05, 4.69) is 17.3 Å². The molecule has 1 heterocycles. The number of benzene rings is 4. The van der Waals surface area contributed by atoms with Gasteiger partial charge in [-0.25, -0.2) is 0 Å². The minimum Gasteiger partial charge on any atom is -0.485 e. The molecule has 1 N–H and O–H groups in total. The van der Waals surface area contributed by atoms with Gasteiger partial charge >= 0.3 is 0 Å². The van der Waals surface area contributed by atoms with Gasteiger partial charge in [0.15, 0.2) is 11.5 Å². The van der Waals surface area contributed by atoms with Crippen LogP contribution in [-0.4, -0.2) is 10.9 Å². The van der Waals surface area contributed by atoms with Crippen LogP contribution in [0.15, 0.2) is 108 Å². The van der Waals surface area contributed by atoms with E-state index in [-0.39, 0.29) is 5.92 Å². The molecule has 5 heteroatoms. The predicted octanol–water partition coefficient (Wildman–Crippen LogP) is 6.33. The second-order valence-corrected chi connectivity index (χ2v) is 8.94. The molecule has 2 atom stereocenters. The van der Waals surface area contributed by atoms with Crippen LogP contribution in [0.4, 0.5) is 0 Å². The fourth-order valence-corrected chi connectivity index (χ4v) is 4.80. The van der Waals surface area contributed by atoms with Gasteiger partial charge < -0.3 is 19.4 Å². The molecule has 0 amide bonds. The molecule has 0 aromatic heterocycles. The molecular weight excluding hydrogens is 438 g/mol. The van der Waals surface area contributed by atoms with E-state index >= 15 is 0 Å². The van der Waals surface area contributed by atoms with Crippen molar-refractivity contribution in [3.63, 3.8) is 0 Å². The molecule has 1 aliphatic carbocycles. The van der Waals surface area contributed by atoms with Crippen LogP contribution in [0.3, 0.4) is 0 Å². The van der Waals surface area contributed by atoms with E-state index < -0.39 is 5.60 Å². The normalized spacial score (nSPS) is 20.9. The van der Waals surface area contributed by atoms with Crippen molar-refractivity contribution in [3.05, 3.63) is 125 Å². The first kappa shape index (κ1) is 21.3. The Bertz CT molecular complexity index is 1360. The molecule has 0 radical (unpaired) electrons. The van der Waals surface area contributed by atoms with Crippen molar-refractivity contribution in [2.24, 2.45) is 11.1 Å². The summed E-state index contributed by atoms with van der Waals surface area (Å²) in [7, 11) is 0. The lowest BCUT2D eigenvalue weighted by Crippen LogP contribution is -2.28. The van der Waals surface area contributed by atoms with E-state index in [1.54, 1.807) is 0 Å². The number of hydrogen-bond acceptors (Lipinski definition) is 5. The number of nitrogens with zero attached hydrogens (tertiary/aromatic N) is 1. The fraction of sp³-hybridized carbons (Fsp3) is 0.167. The van der Waals surface area contributed by atoms with E-state index in [1.165, 1.54) is 0 Å². The van der Waals surface area contributed by atoms with Gasteiger partial charge in [0.05, 0.1) is 11.6 Å². The Hall–Kier alpha value is -4.25. The molecular formula is C30H25NO4. The molecule has 0 spiro atoms. The molecule has 1 aliphatic heterocycles. The average Bonchev–Trinajstić information content (AvgIpc) is 3.66. The second kappa shape index (κ2) is 8.84. The molecule has 174 valence electrons. The molecule has 35 heavy (non-hydrogen) atoms. The van der Waals surface area contributed by atoms with Gasteiger partial charge in [0, 0.05) is 18.1 Å². The summed E-state index contributed by atoms with van der Waals surface area (Å²) in [4.78, 5) is 0. The topological polar surface area (TPSA) is 60.3 Å². The van der Waals surface area contributed by atoms with Crippen molar-refractivity contribution < 1.29 is 19.4 Å². The summed E-state index contributed by atoms with van der Waals surface area (Å²) in [6.45, 7) is 0.792. The summed E-state index contributed by atoms with van der Waals surface area (Å²) in [5, 5.41) is 13.7. The SMILES string of the molecule is ON=C1c2cc(OCc3ccccc3)c(OCc3ccccc3)cc2OC2(c3ccccc3)CC12. The monoisotopic (exact) mass is 463 g/mol. The van der Waals surface area contributed by atoms with Gasteiger partial charge in [0.2, 0.25) is 0 Å². The molecule has 4 aromatic rings. The van der Waals surface area contributed by atoms with E-state index in [4.69, 9.17) is 14.2 Å².